The molecule has 0 fully saturated rings. The summed E-state index contributed by atoms with van der Waals surface area (Å²) in [4.78, 5) is 12.4. The van der Waals surface area contributed by atoms with Crippen LogP contribution in [0.5, 0.6) is 5.06 Å². The number of hydrogen-bond acceptors (Lipinski definition) is 3. The Labute approximate surface area is 88.1 Å². The third kappa shape index (κ3) is 3.79. The Morgan fingerprint density at radius 1 is 1.43 bits per heavy atom. The highest BCUT2D eigenvalue weighted by atomic mass is 32.1. The number of hydrogen-bond donors (Lipinski definition) is 1. The van der Waals surface area contributed by atoms with Gasteiger partial charge in [-0.25, -0.2) is 4.79 Å². The average molecular weight is 213 g/mol. The van der Waals surface area contributed by atoms with E-state index >= 15 is 0 Å². The summed E-state index contributed by atoms with van der Waals surface area (Å²) in [6.45, 7) is 7.70. The Morgan fingerprint density at radius 2 is 2.07 bits per heavy atom. The molecule has 0 aliphatic heterocycles. The summed E-state index contributed by atoms with van der Waals surface area (Å²) in [5.41, 5.74) is -0.261. The van der Waals surface area contributed by atoms with E-state index in [1.54, 1.807) is 6.07 Å². The largest absolute Gasteiger partial charge is 0.413 e. The summed E-state index contributed by atoms with van der Waals surface area (Å²) >= 11 is 1.46. The standard InChI is InChI=1S/C10H15NO2S/c1-7-5-6-8(14-7)13-9(12)11-10(2,3)4/h5-6H,1-4H3,(H,11,12). The lowest BCUT2D eigenvalue weighted by atomic mass is 10.1. The first-order chi connectivity index (χ1) is 6.37. The SMILES string of the molecule is Cc1ccc(OC(=O)NC(C)(C)C)s1. The van der Waals surface area contributed by atoms with Gasteiger partial charge in [0.2, 0.25) is 0 Å². The molecule has 0 bridgehead atoms. The summed E-state index contributed by atoms with van der Waals surface area (Å²) in [6.07, 6.45) is -0.403. The predicted octanol–water partition coefficient (Wildman–Crippen LogP) is 2.94. The second kappa shape index (κ2) is 4.00. The van der Waals surface area contributed by atoms with Crippen molar-refractivity contribution < 1.29 is 9.53 Å². The fourth-order valence-corrected chi connectivity index (χ4v) is 1.60. The van der Waals surface area contributed by atoms with Crippen LogP contribution in [0, 0.1) is 6.92 Å². The zero-order chi connectivity index (χ0) is 10.8. The quantitative estimate of drug-likeness (QED) is 0.779. The minimum Gasteiger partial charge on any atom is -0.399 e. The fraction of sp³-hybridized carbons (Fsp3) is 0.500. The van der Waals surface area contributed by atoms with Gasteiger partial charge < -0.3 is 10.1 Å². The Hall–Kier alpha value is -1.03. The number of aryl methyl sites for hydroxylation is 1. The highest BCUT2D eigenvalue weighted by molar-refractivity contribution is 7.13. The molecule has 0 radical (unpaired) electrons. The predicted molar refractivity (Wildman–Crippen MR) is 58.0 cm³/mol. The number of thiophene rings is 1. The van der Waals surface area contributed by atoms with Gasteiger partial charge in [0.1, 0.15) is 0 Å². The van der Waals surface area contributed by atoms with Gasteiger partial charge in [-0.3, -0.25) is 0 Å². The highest BCUT2D eigenvalue weighted by Gasteiger charge is 2.15. The normalized spacial score (nSPS) is 11.1. The van der Waals surface area contributed by atoms with Gasteiger partial charge >= 0.3 is 6.09 Å². The number of carbonyl (C=O) groups excluding carboxylic acids is 1. The van der Waals surface area contributed by atoms with Crippen LogP contribution in [0.1, 0.15) is 25.6 Å². The smallest absolute Gasteiger partial charge is 0.399 e. The maximum atomic E-state index is 11.3. The van der Waals surface area contributed by atoms with Gasteiger partial charge in [0.05, 0.1) is 0 Å². The molecule has 0 unspecified atom stereocenters. The summed E-state index contributed by atoms with van der Waals surface area (Å²) in [5.74, 6) is 0. The maximum absolute atomic E-state index is 11.3. The number of carbonyl (C=O) groups is 1. The number of rotatable bonds is 1. The molecule has 0 atom stereocenters. The van der Waals surface area contributed by atoms with Crippen molar-refractivity contribution in [1.29, 1.82) is 0 Å². The van der Waals surface area contributed by atoms with E-state index in [0.717, 1.165) is 4.88 Å². The molecule has 1 aromatic heterocycles. The zero-order valence-electron chi connectivity index (χ0n) is 8.88. The molecule has 1 heterocycles. The molecule has 0 saturated carbocycles. The van der Waals surface area contributed by atoms with Gasteiger partial charge in [0.15, 0.2) is 5.06 Å². The van der Waals surface area contributed by atoms with Gasteiger partial charge in [0, 0.05) is 10.4 Å². The monoisotopic (exact) mass is 213 g/mol. The number of nitrogens with one attached hydrogen (secondary N) is 1. The summed E-state index contributed by atoms with van der Waals surface area (Å²) < 4.78 is 5.08. The van der Waals surface area contributed by atoms with Crippen LogP contribution in [-0.2, 0) is 0 Å². The van der Waals surface area contributed by atoms with Gasteiger partial charge in [-0.05, 0) is 39.8 Å². The maximum Gasteiger partial charge on any atom is 0.413 e. The molecular formula is C10H15NO2S. The summed E-state index contributed by atoms with van der Waals surface area (Å²) in [5, 5.41) is 3.35. The molecule has 1 amide bonds. The van der Waals surface area contributed by atoms with Crippen molar-refractivity contribution in [3.63, 3.8) is 0 Å². The molecular weight excluding hydrogens is 198 g/mol. The molecule has 1 rings (SSSR count). The van der Waals surface area contributed by atoms with E-state index in [1.165, 1.54) is 11.3 Å². The van der Waals surface area contributed by atoms with Crippen LogP contribution in [0.4, 0.5) is 4.79 Å². The minimum atomic E-state index is -0.403. The Balaban J connectivity index is 2.50. The Kier molecular flexibility index (Phi) is 3.16. The second-order valence-corrected chi connectivity index (χ2v) is 5.38. The van der Waals surface area contributed by atoms with Crippen molar-refractivity contribution in [1.82, 2.24) is 5.32 Å². The van der Waals surface area contributed by atoms with Crippen LogP contribution in [0.15, 0.2) is 12.1 Å². The van der Waals surface area contributed by atoms with Crippen molar-refractivity contribution in [2.45, 2.75) is 33.2 Å². The lowest BCUT2D eigenvalue weighted by Gasteiger charge is -2.19. The van der Waals surface area contributed by atoms with Crippen LogP contribution in [0.25, 0.3) is 0 Å². The summed E-state index contributed by atoms with van der Waals surface area (Å²) in [6, 6.07) is 3.71. The number of amides is 1. The molecule has 78 valence electrons. The third-order valence-corrected chi connectivity index (χ3v) is 2.26. The van der Waals surface area contributed by atoms with E-state index in [9.17, 15) is 4.79 Å². The van der Waals surface area contributed by atoms with Crippen molar-refractivity contribution in [2.24, 2.45) is 0 Å². The topological polar surface area (TPSA) is 38.3 Å². The molecule has 1 N–H and O–H groups in total. The molecule has 0 aliphatic carbocycles. The fourth-order valence-electron chi connectivity index (χ4n) is 0.890. The number of ether oxygens (including phenoxy) is 1. The van der Waals surface area contributed by atoms with Gasteiger partial charge in [-0.2, -0.15) is 0 Å². The zero-order valence-corrected chi connectivity index (χ0v) is 9.70. The molecule has 0 aliphatic rings. The highest BCUT2D eigenvalue weighted by Crippen LogP contribution is 2.23. The van der Waals surface area contributed by atoms with Gasteiger partial charge in [-0.1, -0.05) is 0 Å². The molecule has 0 spiro atoms. The van der Waals surface area contributed by atoms with E-state index in [0.29, 0.717) is 5.06 Å². The lowest BCUT2D eigenvalue weighted by molar-refractivity contribution is 0.192. The van der Waals surface area contributed by atoms with E-state index in [-0.39, 0.29) is 5.54 Å². The minimum absolute atomic E-state index is 0.261. The van der Waals surface area contributed by atoms with Crippen molar-refractivity contribution >= 4 is 17.4 Å². The second-order valence-electron chi connectivity index (χ2n) is 4.13. The van der Waals surface area contributed by atoms with Crippen LogP contribution in [0.3, 0.4) is 0 Å². The first kappa shape index (κ1) is 11.0. The third-order valence-electron chi connectivity index (χ3n) is 1.39. The Morgan fingerprint density at radius 3 is 2.50 bits per heavy atom. The van der Waals surface area contributed by atoms with Crippen LogP contribution in [-0.4, -0.2) is 11.6 Å². The van der Waals surface area contributed by atoms with Crippen LogP contribution in [0.2, 0.25) is 0 Å². The molecule has 1 aromatic rings. The van der Waals surface area contributed by atoms with E-state index in [2.05, 4.69) is 5.32 Å². The van der Waals surface area contributed by atoms with Gasteiger partial charge in [-0.15, -0.1) is 11.3 Å². The van der Waals surface area contributed by atoms with E-state index in [4.69, 9.17) is 4.74 Å². The van der Waals surface area contributed by atoms with Crippen molar-refractivity contribution in [3.8, 4) is 5.06 Å². The molecule has 3 nitrogen and oxygen atoms in total. The Bertz CT molecular complexity index is 325. The molecule has 14 heavy (non-hydrogen) atoms. The van der Waals surface area contributed by atoms with E-state index in [1.807, 2.05) is 33.8 Å². The molecule has 0 aromatic carbocycles. The van der Waals surface area contributed by atoms with E-state index < -0.39 is 6.09 Å². The first-order valence-corrected chi connectivity index (χ1v) is 5.25. The molecule has 0 saturated heterocycles. The first-order valence-electron chi connectivity index (χ1n) is 4.43. The average Bonchev–Trinajstić information content (AvgIpc) is 2.30. The van der Waals surface area contributed by atoms with Crippen LogP contribution >= 0.6 is 11.3 Å². The summed E-state index contributed by atoms with van der Waals surface area (Å²) in [7, 11) is 0. The van der Waals surface area contributed by atoms with Crippen molar-refractivity contribution in [2.75, 3.05) is 0 Å². The van der Waals surface area contributed by atoms with Crippen LogP contribution < -0.4 is 10.1 Å². The van der Waals surface area contributed by atoms with Crippen molar-refractivity contribution in [3.05, 3.63) is 17.0 Å². The van der Waals surface area contributed by atoms with Gasteiger partial charge in [0.25, 0.3) is 0 Å². The lowest BCUT2D eigenvalue weighted by Crippen LogP contribution is -2.42. The molecule has 4 heteroatoms.